The number of nitrogens with zero attached hydrogens (tertiary/aromatic N) is 2. The van der Waals surface area contributed by atoms with Gasteiger partial charge in [-0.2, -0.15) is 0 Å². The number of nitrogens with one attached hydrogen (secondary N) is 1. The maximum Gasteiger partial charge on any atom is 0.178 e. The Balaban J connectivity index is 2.21. The van der Waals surface area contributed by atoms with E-state index >= 15 is 0 Å². The second-order valence-electron chi connectivity index (χ2n) is 4.87. The van der Waals surface area contributed by atoms with Gasteiger partial charge >= 0.3 is 0 Å². The minimum Gasteiger partial charge on any atom is -0.359 e. The number of aromatic nitrogens is 3. The van der Waals surface area contributed by atoms with Crippen LogP contribution in [-0.4, -0.2) is 29.4 Å². The Labute approximate surface area is 126 Å². The molecule has 0 bridgehead atoms. The zero-order valence-electron chi connectivity index (χ0n) is 11.5. The third kappa shape index (κ3) is 2.52. The molecule has 0 atom stereocenters. The van der Waals surface area contributed by atoms with Crippen molar-refractivity contribution in [2.45, 2.75) is 18.4 Å². The summed E-state index contributed by atoms with van der Waals surface area (Å²) in [6.45, 7) is 2.23. The van der Waals surface area contributed by atoms with E-state index in [4.69, 9.17) is 16.7 Å². The van der Waals surface area contributed by atoms with Crippen molar-refractivity contribution < 1.29 is 12.9 Å². The maximum absolute atomic E-state index is 11.8. The van der Waals surface area contributed by atoms with Crippen LogP contribution in [0.4, 0.5) is 0 Å². The first-order chi connectivity index (χ1) is 9.86. The van der Waals surface area contributed by atoms with Gasteiger partial charge in [-0.3, -0.25) is 0 Å². The van der Waals surface area contributed by atoms with Crippen LogP contribution >= 0.6 is 12.2 Å². The van der Waals surface area contributed by atoms with E-state index in [0.717, 1.165) is 11.2 Å². The fourth-order valence-corrected chi connectivity index (χ4v) is 3.38. The Hall–Kier alpha value is -1.93. The molecule has 0 saturated heterocycles. The molecule has 110 valence electrons. The Morgan fingerprint density at radius 1 is 1.43 bits per heavy atom. The summed E-state index contributed by atoms with van der Waals surface area (Å²) >= 11 is 5.29. The third-order valence-electron chi connectivity index (χ3n) is 3.16. The van der Waals surface area contributed by atoms with Crippen LogP contribution in [0.1, 0.15) is 11.5 Å². The van der Waals surface area contributed by atoms with Gasteiger partial charge in [-0.25, -0.2) is 8.42 Å². The number of hydrogen-bond donors (Lipinski definition) is 1. The predicted molar refractivity (Wildman–Crippen MR) is 80.6 cm³/mol. The average Bonchev–Trinajstić information content (AvgIpc) is 2.93. The Morgan fingerprint density at radius 3 is 2.81 bits per heavy atom. The van der Waals surface area contributed by atoms with Crippen LogP contribution in [0.3, 0.4) is 0 Å². The molecule has 3 rings (SSSR count). The number of aromatic amines is 1. The number of fused-ring (bicyclic) bond motifs is 1. The highest BCUT2D eigenvalue weighted by atomic mass is 32.2. The van der Waals surface area contributed by atoms with Crippen molar-refractivity contribution in [1.29, 1.82) is 0 Å². The second kappa shape index (κ2) is 4.81. The van der Waals surface area contributed by atoms with Crippen LogP contribution in [-0.2, 0) is 16.4 Å². The summed E-state index contributed by atoms with van der Waals surface area (Å²) in [6, 6.07) is 6.90. The number of hydrogen-bond acceptors (Lipinski definition) is 5. The number of H-pyrrole nitrogens is 1. The smallest absolute Gasteiger partial charge is 0.178 e. The van der Waals surface area contributed by atoms with Crippen molar-refractivity contribution in [2.24, 2.45) is 0 Å². The van der Waals surface area contributed by atoms with Gasteiger partial charge in [0.2, 0.25) is 0 Å². The molecule has 0 aliphatic carbocycles. The summed E-state index contributed by atoms with van der Waals surface area (Å²) in [6.07, 6.45) is 1.18. The molecule has 0 aliphatic heterocycles. The van der Waals surface area contributed by atoms with Crippen molar-refractivity contribution in [3.05, 3.63) is 40.5 Å². The lowest BCUT2D eigenvalue weighted by Crippen LogP contribution is -2.00. The highest BCUT2D eigenvalue weighted by Crippen LogP contribution is 2.23. The molecule has 0 saturated carbocycles. The lowest BCUT2D eigenvalue weighted by atomic mass is 10.3. The molecule has 0 amide bonds. The monoisotopic (exact) mass is 323 g/mol. The maximum atomic E-state index is 11.8. The lowest BCUT2D eigenvalue weighted by Gasteiger charge is -2.03. The molecular formula is C13H13N3O3S2. The second-order valence-corrected chi connectivity index (χ2v) is 7.24. The van der Waals surface area contributed by atoms with Gasteiger partial charge < -0.3 is 14.1 Å². The van der Waals surface area contributed by atoms with Crippen LogP contribution in [0.15, 0.2) is 33.7 Å². The quantitative estimate of drug-likeness (QED) is 0.749. The zero-order chi connectivity index (χ0) is 15.2. The summed E-state index contributed by atoms with van der Waals surface area (Å²) in [5, 5.41) is 3.84. The number of sulfone groups is 1. The normalized spacial score (nSPS) is 12.1. The van der Waals surface area contributed by atoms with Gasteiger partial charge in [0.05, 0.1) is 28.2 Å². The van der Waals surface area contributed by atoms with Gasteiger partial charge in [0.1, 0.15) is 0 Å². The molecule has 0 aliphatic rings. The molecule has 2 heterocycles. The largest absolute Gasteiger partial charge is 0.359 e. The van der Waals surface area contributed by atoms with Crippen molar-refractivity contribution in [3.63, 3.8) is 0 Å². The van der Waals surface area contributed by atoms with Crippen LogP contribution in [0.5, 0.6) is 0 Å². The Morgan fingerprint density at radius 2 is 2.19 bits per heavy atom. The summed E-state index contributed by atoms with van der Waals surface area (Å²) in [5.41, 5.74) is 2.02. The molecule has 1 aromatic carbocycles. The van der Waals surface area contributed by atoms with Crippen molar-refractivity contribution in [1.82, 2.24) is 14.7 Å². The van der Waals surface area contributed by atoms with Gasteiger partial charge in [-0.1, -0.05) is 11.2 Å². The van der Waals surface area contributed by atoms with Gasteiger partial charge in [0.15, 0.2) is 20.4 Å². The topological polar surface area (TPSA) is 80.9 Å². The molecule has 0 fully saturated rings. The molecular weight excluding hydrogens is 310 g/mol. The minimum absolute atomic E-state index is 0.235. The Bertz CT molecular complexity index is 980. The summed E-state index contributed by atoms with van der Waals surface area (Å²) in [7, 11) is -3.33. The first-order valence-corrected chi connectivity index (χ1v) is 8.50. The van der Waals surface area contributed by atoms with Gasteiger partial charge in [0.25, 0.3) is 0 Å². The standard InChI is InChI=1S/C13H13N3O3S2/c1-8-6-9(19-15-8)7-16-10-4-3-5-11(21(2,17)18)12(10)14-13(16)20/h3-6H,7H2,1-2H3,(H,14,20). The minimum atomic E-state index is -3.33. The van der Waals surface area contributed by atoms with Gasteiger partial charge in [-0.15, -0.1) is 0 Å². The van der Waals surface area contributed by atoms with Crippen LogP contribution in [0.2, 0.25) is 0 Å². The average molecular weight is 323 g/mol. The number of imidazole rings is 1. The summed E-state index contributed by atoms with van der Waals surface area (Å²) in [5.74, 6) is 0.661. The van der Waals surface area contributed by atoms with Crippen LogP contribution < -0.4 is 0 Å². The summed E-state index contributed by atoms with van der Waals surface area (Å²) < 4.78 is 31.1. The highest BCUT2D eigenvalue weighted by Gasteiger charge is 2.16. The molecule has 3 aromatic rings. The van der Waals surface area contributed by atoms with E-state index in [1.807, 2.05) is 19.1 Å². The van der Waals surface area contributed by atoms with E-state index < -0.39 is 9.84 Å². The van der Waals surface area contributed by atoms with E-state index in [0.29, 0.717) is 22.6 Å². The molecule has 21 heavy (non-hydrogen) atoms. The third-order valence-corrected chi connectivity index (χ3v) is 4.62. The molecule has 1 N–H and O–H groups in total. The van der Waals surface area contributed by atoms with E-state index in [-0.39, 0.29) is 4.90 Å². The SMILES string of the molecule is Cc1cc(Cn2c(=S)[nH]c3c(S(C)(=O)=O)cccc32)on1. The van der Waals surface area contributed by atoms with Gasteiger partial charge in [0, 0.05) is 12.3 Å². The predicted octanol–water partition coefficient (Wildman–Crippen LogP) is 2.45. The Kier molecular flexibility index (Phi) is 3.22. The van der Waals surface area contributed by atoms with Crippen molar-refractivity contribution >= 4 is 33.1 Å². The molecule has 0 radical (unpaired) electrons. The lowest BCUT2D eigenvalue weighted by molar-refractivity contribution is 0.373. The fraction of sp³-hybridized carbons (Fsp3) is 0.231. The molecule has 6 nitrogen and oxygen atoms in total. The van der Waals surface area contributed by atoms with Crippen LogP contribution in [0.25, 0.3) is 11.0 Å². The highest BCUT2D eigenvalue weighted by molar-refractivity contribution is 7.91. The van der Waals surface area contributed by atoms with E-state index in [1.165, 1.54) is 6.26 Å². The molecule has 0 unspecified atom stereocenters. The zero-order valence-corrected chi connectivity index (χ0v) is 13.1. The summed E-state index contributed by atoms with van der Waals surface area (Å²) in [4.78, 5) is 3.20. The van der Waals surface area contributed by atoms with Gasteiger partial charge in [-0.05, 0) is 31.3 Å². The first kappa shape index (κ1) is 14.0. The molecule has 8 heteroatoms. The van der Waals surface area contributed by atoms with Crippen molar-refractivity contribution in [2.75, 3.05) is 6.26 Å². The molecule has 2 aromatic heterocycles. The number of rotatable bonds is 3. The van der Waals surface area contributed by atoms with E-state index in [9.17, 15) is 8.42 Å². The number of aryl methyl sites for hydroxylation is 1. The van der Waals surface area contributed by atoms with Crippen molar-refractivity contribution in [3.8, 4) is 0 Å². The fourth-order valence-electron chi connectivity index (χ4n) is 2.27. The van der Waals surface area contributed by atoms with Crippen LogP contribution in [0, 0.1) is 11.7 Å². The van der Waals surface area contributed by atoms with E-state index in [2.05, 4.69) is 10.1 Å². The first-order valence-electron chi connectivity index (χ1n) is 6.20. The van der Waals surface area contributed by atoms with E-state index in [1.54, 1.807) is 16.7 Å². The number of para-hydroxylation sites is 1. The number of benzene rings is 1. The molecule has 0 spiro atoms.